The average Bonchev–Trinajstić information content (AvgIpc) is 2.27. The fraction of sp³-hybridized carbons (Fsp3) is 0.909. The summed E-state index contributed by atoms with van der Waals surface area (Å²) in [5.41, 5.74) is 0. The van der Waals surface area contributed by atoms with Gasteiger partial charge in [-0.25, -0.2) is 0 Å². The van der Waals surface area contributed by atoms with Gasteiger partial charge in [0.1, 0.15) is 0 Å². The zero-order chi connectivity index (χ0) is 13.5. The van der Waals surface area contributed by atoms with Gasteiger partial charge in [0, 0.05) is 13.1 Å². The van der Waals surface area contributed by atoms with Gasteiger partial charge in [-0.05, 0) is 33.0 Å². The fourth-order valence-electron chi connectivity index (χ4n) is 1.61. The van der Waals surface area contributed by atoms with E-state index in [0.29, 0.717) is 13.0 Å². The van der Waals surface area contributed by atoms with Gasteiger partial charge in [-0.2, -0.15) is 13.2 Å². The number of alkyl halides is 3. The number of amides is 1. The Balaban J connectivity index is 4.11. The Morgan fingerprint density at radius 2 is 1.53 bits per heavy atom. The van der Waals surface area contributed by atoms with Crippen LogP contribution in [0.3, 0.4) is 0 Å². The van der Waals surface area contributed by atoms with Crippen LogP contribution in [0.25, 0.3) is 0 Å². The Hall–Kier alpha value is -0.780. The molecular weight excluding hydrogens is 233 g/mol. The number of rotatable bonds is 7. The van der Waals surface area contributed by atoms with Crippen molar-refractivity contribution >= 4 is 5.91 Å². The summed E-state index contributed by atoms with van der Waals surface area (Å²) in [4.78, 5) is 14.0. The molecule has 0 aliphatic rings. The number of nitrogens with zero attached hydrogens (tertiary/aromatic N) is 2. The fourth-order valence-corrected chi connectivity index (χ4v) is 1.61. The zero-order valence-electron chi connectivity index (χ0n) is 10.7. The van der Waals surface area contributed by atoms with E-state index in [4.69, 9.17) is 0 Å². The Labute approximate surface area is 101 Å². The summed E-state index contributed by atoms with van der Waals surface area (Å²) >= 11 is 0. The lowest BCUT2D eigenvalue weighted by Crippen LogP contribution is -2.42. The molecule has 0 aromatic heterocycles. The summed E-state index contributed by atoms with van der Waals surface area (Å²) in [6.07, 6.45) is -4.19. The van der Waals surface area contributed by atoms with Crippen molar-refractivity contribution in [1.82, 2.24) is 9.80 Å². The molecule has 0 aliphatic heterocycles. The largest absolute Gasteiger partial charge is 0.471 e. The van der Waals surface area contributed by atoms with Crippen molar-refractivity contribution in [2.75, 3.05) is 32.7 Å². The van der Waals surface area contributed by atoms with Crippen LogP contribution in [0.2, 0.25) is 0 Å². The highest BCUT2D eigenvalue weighted by molar-refractivity contribution is 5.81. The van der Waals surface area contributed by atoms with Crippen molar-refractivity contribution in [3.05, 3.63) is 0 Å². The minimum absolute atomic E-state index is 0.0938. The second kappa shape index (κ2) is 7.53. The molecule has 0 saturated carbocycles. The van der Waals surface area contributed by atoms with Gasteiger partial charge in [0.05, 0.1) is 0 Å². The van der Waals surface area contributed by atoms with Crippen molar-refractivity contribution in [1.29, 1.82) is 0 Å². The van der Waals surface area contributed by atoms with Gasteiger partial charge in [0.2, 0.25) is 0 Å². The van der Waals surface area contributed by atoms with E-state index in [2.05, 4.69) is 4.90 Å². The van der Waals surface area contributed by atoms with E-state index in [1.807, 2.05) is 13.8 Å². The molecule has 0 heterocycles. The highest BCUT2D eigenvalue weighted by Gasteiger charge is 2.41. The molecular formula is C11H21F3N2O. The van der Waals surface area contributed by atoms with Crippen LogP contribution in [0, 0.1) is 0 Å². The van der Waals surface area contributed by atoms with Gasteiger partial charge in [0.15, 0.2) is 0 Å². The van der Waals surface area contributed by atoms with E-state index in [0.717, 1.165) is 18.0 Å². The Morgan fingerprint density at radius 1 is 1.00 bits per heavy atom. The van der Waals surface area contributed by atoms with E-state index in [1.165, 1.54) is 0 Å². The van der Waals surface area contributed by atoms with Gasteiger partial charge < -0.3 is 9.80 Å². The summed E-state index contributed by atoms with van der Waals surface area (Å²) in [5.74, 6) is -1.74. The molecule has 1 amide bonds. The van der Waals surface area contributed by atoms with Gasteiger partial charge in [-0.15, -0.1) is 0 Å². The normalized spacial score (nSPS) is 11.9. The molecule has 0 aliphatic carbocycles. The van der Waals surface area contributed by atoms with Crippen molar-refractivity contribution in [3.63, 3.8) is 0 Å². The van der Waals surface area contributed by atoms with Crippen LogP contribution in [0.4, 0.5) is 13.2 Å². The predicted molar refractivity (Wildman–Crippen MR) is 60.7 cm³/mol. The second-order valence-corrected chi connectivity index (χ2v) is 3.76. The van der Waals surface area contributed by atoms with Crippen molar-refractivity contribution < 1.29 is 18.0 Å². The lowest BCUT2D eigenvalue weighted by molar-refractivity contribution is -0.185. The van der Waals surface area contributed by atoms with Crippen molar-refractivity contribution in [2.45, 2.75) is 33.4 Å². The lowest BCUT2D eigenvalue weighted by atomic mass is 10.3. The standard InChI is InChI=1S/C11H21F3N2O/c1-4-15(5-2)8-7-9-16(6-3)10(17)11(12,13)14/h4-9H2,1-3H3. The Bertz CT molecular complexity index is 227. The molecule has 0 unspecified atom stereocenters. The second-order valence-electron chi connectivity index (χ2n) is 3.76. The molecule has 6 heteroatoms. The van der Waals surface area contributed by atoms with Gasteiger partial charge >= 0.3 is 12.1 Å². The number of hydrogen-bond donors (Lipinski definition) is 0. The summed E-state index contributed by atoms with van der Waals surface area (Å²) in [6.45, 7) is 8.27. The van der Waals surface area contributed by atoms with Crippen LogP contribution >= 0.6 is 0 Å². The predicted octanol–water partition coefficient (Wildman–Crippen LogP) is 2.13. The third-order valence-corrected chi connectivity index (χ3v) is 2.71. The van der Waals surface area contributed by atoms with Crippen LogP contribution < -0.4 is 0 Å². The van der Waals surface area contributed by atoms with Gasteiger partial charge in [-0.1, -0.05) is 13.8 Å². The minimum Gasteiger partial charge on any atom is -0.335 e. The monoisotopic (exact) mass is 254 g/mol. The maximum atomic E-state index is 12.2. The van der Waals surface area contributed by atoms with E-state index >= 15 is 0 Å². The Kier molecular flexibility index (Phi) is 7.18. The summed E-state index contributed by atoms with van der Waals surface area (Å²) in [5, 5.41) is 0. The quantitative estimate of drug-likeness (QED) is 0.695. The number of carbonyl (C=O) groups is 1. The SMILES string of the molecule is CCN(CC)CCCN(CC)C(=O)C(F)(F)F. The molecule has 17 heavy (non-hydrogen) atoms. The maximum absolute atomic E-state index is 12.2. The average molecular weight is 254 g/mol. The molecule has 0 radical (unpaired) electrons. The Morgan fingerprint density at radius 3 is 1.88 bits per heavy atom. The highest BCUT2D eigenvalue weighted by Crippen LogP contribution is 2.18. The summed E-state index contributed by atoms with van der Waals surface area (Å²) < 4.78 is 36.6. The third kappa shape index (κ3) is 5.91. The number of carbonyl (C=O) groups excluding carboxylic acids is 1. The molecule has 0 atom stereocenters. The molecule has 0 bridgehead atoms. The molecule has 0 spiro atoms. The first-order valence-corrected chi connectivity index (χ1v) is 5.95. The number of halogens is 3. The smallest absolute Gasteiger partial charge is 0.335 e. The van der Waals surface area contributed by atoms with Crippen LogP contribution in [0.15, 0.2) is 0 Å². The first kappa shape index (κ1) is 16.2. The van der Waals surface area contributed by atoms with E-state index < -0.39 is 12.1 Å². The van der Waals surface area contributed by atoms with Crippen LogP contribution in [-0.4, -0.2) is 54.6 Å². The molecule has 102 valence electrons. The van der Waals surface area contributed by atoms with Gasteiger partial charge in [0.25, 0.3) is 0 Å². The molecule has 0 N–H and O–H groups in total. The first-order valence-electron chi connectivity index (χ1n) is 5.95. The van der Waals surface area contributed by atoms with Crippen molar-refractivity contribution in [2.24, 2.45) is 0 Å². The molecule has 3 nitrogen and oxygen atoms in total. The van der Waals surface area contributed by atoms with E-state index in [1.54, 1.807) is 6.92 Å². The van der Waals surface area contributed by atoms with Crippen LogP contribution in [0.5, 0.6) is 0 Å². The first-order chi connectivity index (χ1) is 7.86. The third-order valence-electron chi connectivity index (χ3n) is 2.71. The zero-order valence-corrected chi connectivity index (χ0v) is 10.7. The molecule has 0 aromatic carbocycles. The van der Waals surface area contributed by atoms with Gasteiger partial charge in [-0.3, -0.25) is 4.79 Å². The lowest BCUT2D eigenvalue weighted by Gasteiger charge is -2.24. The summed E-state index contributed by atoms with van der Waals surface area (Å²) in [7, 11) is 0. The highest BCUT2D eigenvalue weighted by atomic mass is 19.4. The van der Waals surface area contributed by atoms with Crippen LogP contribution in [0.1, 0.15) is 27.2 Å². The number of hydrogen-bond acceptors (Lipinski definition) is 2. The molecule has 0 aromatic rings. The van der Waals surface area contributed by atoms with E-state index in [-0.39, 0.29) is 13.1 Å². The molecule has 0 fully saturated rings. The maximum Gasteiger partial charge on any atom is 0.471 e. The molecule has 0 saturated heterocycles. The van der Waals surface area contributed by atoms with Crippen LogP contribution in [-0.2, 0) is 4.79 Å². The molecule has 0 rings (SSSR count). The summed E-state index contributed by atoms with van der Waals surface area (Å²) in [6, 6.07) is 0. The van der Waals surface area contributed by atoms with Crippen molar-refractivity contribution in [3.8, 4) is 0 Å². The topological polar surface area (TPSA) is 23.6 Å². The van der Waals surface area contributed by atoms with E-state index in [9.17, 15) is 18.0 Å². The minimum atomic E-state index is -4.76.